The first-order valence-electron chi connectivity index (χ1n) is 4.56. The van der Waals surface area contributed by atoms with Crippen LogP contribution in [0.4, 0.5) is 0 Å². The first kappa shape index (κ1) is 11.0. The summed E-state index contributed by atoms with van der Waals surface area (Å²) in [6.45, 7) is 3.07. The normalized spacial score (nSPS) is 21.1. The molecule has 0 amide bonds. The summed E-state index contributed by atoms with van der Waals surface area (Å²) in [5.74, 6) is 7.46. The number of hydrogen-bond donors (Lipinski definition) is 1. The monoisotopic (exact) mass is 204 g/mol. The van der Waals surface area contributed by atoms with Crippen LogP contribution in [0.3, 0.4) is 0 Å². The molecule has 3 nitrogen and oxygen atoms in total. The van der Waals surface area contributed by atoms with Gasteiger partial charge in [-0.3, -0.25) is 0 Å². The zero-order chi connectivity index (χ0) is 9.68. The maximum atomic E-state index is 8.74. The van der Waals surface area contributed by atoms with Gasteiger partial charge in [-0.1, -0.05) is 0 Å². The predicted octanol–water partition coefficient (Wildman–Crippen LogP) is -0.143. The number of β-amino-alcohol motifs (C(OH)–C–C–N with tert-alkyl or cyclic N) is 1. The molecular formula is C9H18NO2S-. The zero-order valence-corrected chi connectivity index (χ0v) is 8.76. The van der Waals surface area contributed by atoms with Crippen molar-refractivity contribution in [2.75, 3.05) is 26.2 Å². The minimum atomic E-state index is -0.396. The van der Waals surface area contributed by atoms with Gasteiger partial charge < -0.3 is 24.5 Å². The molecule has 1 aliphatic rings. The van der Waals surface area contributed by atoms with E-state index in [0.29, 0.717) is 6.10 Å². The third-order valence-electron chi connectivity index (χ3n) is 2.22. The number of likely N-dealkylation sites (tertiary alicyclic amines) is 1. The molecule has 0 aromatic heterocycles. The minimum absolute atomic E-state index is 0.251. The molecular weight excluding hydrogens is 186 g/mol. The summed E-state index contributed by atoms with van der Waals surface area (Å²) in [6, 6.07) is 0. The van der Waals surface area contributed by atoms with Crippen LogP contribution in [0.2, 0.25) is 0 Å². The molecule has 1 rings (SSSR count). The van der Waals surface area contributed by atoms with Crippen molar-refractivity contribution in [1.82, 2.24) is 4.90 Å². The van der Waals surface area contributed by atoms with Gasteiger partial charge in [0.05, 0.1) is 6.61 Å². The first-order chi connectivity index (χ1) is 6.22. The second-order valence-corrected chi connectivity index (χ2v) is 4.37. The van der Waals surface area contributed by atoms with E-state index in [1.165, 1.54) is 0 Å². The van der Waals surface area contributed by atoms with E-state index >= 15 is 0 Å². The minimum Gasteiger partial charge on any atom is -0.484 e. The Morgan fingerprint density at radius 1 is 1.38 bits per heavy atom. The lowest BCUT2D eigenvalue weighted by Gasteiger charge is -2.33. The Morgan fingerprint density at radius 3 is 2.46 bits per heavy atom. The second-order valence-electron chi connectivity index (χ2n) is 3.30. The number of rotatable bonds is 4. The molecule has 78 valence electrons. The Balaban J connectivity index is 2.22. The lowest BCUT2D eigenvalue weighted by Crippen LogP contribution is -2.38. The van der Waals surface area contributed by atoms with Crippen LogP contribution in [-0.4, -0.2) is 54.1 Å². The van der Waals surface area contributed by atoms with Gasteiger partial charge in [-0.25, -0.2) is 11.7 Å². The van der Waals surface area contributed by atoms with Crippen molar-refractivity contribution < 1.29 is 9.29 Å². The van der Waals surface area contributed by atoms with E-state index in [0.717, 1.165) is 32.5 Å². The van der Waals surface area contributed by atoms with E-state index < -0.39 is 10.4 Å². The molecule has 13 heavy (non-hydrogen) atoms. The molecule has 0 atom stereocenters. The van der Waals surface area contributed by atoms with Gasteiger partial charge in [0, 0.05) is 25.7 Å². The number of aliphatic hydroxyl groups excluding tert-OH is 1. The highest BCUT2D eigenvalue weighted by Crippen LogP contribution is 2.12. The van der Waals surface area contributed by atoms with Crippen molar-refractivity contribution in [2.24, 2.45) is 0 Å². The molecule has 0 spiro atoms. The van der Waals surface area contributed by atoms with Gasteiger partial charge in [0.1, 0.15) is 0 Å². The van der Waals surface area contributed by atoms with Crippen molar-refractivity contribution in [2.45, 2.75) is 18.9 Å². The van der Waals surface area contributed by atoms with Crippen LogP contribution in [0, 0.1) is 0 Å². The quantitative estimate of drug-likeness (QED) is 0.511. The molecule has 0 saturated carbocycles. The van der Waals surface area contributed by atoms with Crippen molar-refractivity contribution in [3.8, 4) is 0 Å². The number of piperidine rings is 1. The third kappa shape index (κ3) is 4.13. The molecule has 0 aliphatic carbocycles. The fourth-order valence-corrected chi connectivity index (χ4v) is 2.14. The topological polar surface area (TPSA) is 32.7 Å². The Hall–Kier alpha value is -0.0300. The Kier molecular flexibility index (Phi) is 4.80. The van der Waals surface area contributed by atoms with Crippen LogP contribution in [0.25, 0.3) is 0 Å². The Labute approximate surface area is 82.0 Å². The smallest absolute Gasteiger partial charge is 0.0558 e. The highest BCUT2D eigenvalue weighted by atomic mass is 32.2. The lowest BCUT2D eigenvalue weighted by atomic mass is 10.1. The van der Waals surface area contributed by atoms with Crippen LogP contribution < -0.4 is 0 Å². The SMILES string of the molecule is C=[S-](=C)OC1CCN(CCO)CC1. The van der Waals surface area contributed by atoms with Crippen LogP contribution >= 0.6 is 0 Å². The van der Waals surface area contributed by atoms with Gasteiger partial charge >= 0.3 is 0 Å². The second kappa shape index (κ2) is 5.65. The predicted molar refractivity (Wildman–Crippen MR) is 59.2 cm³/mol. The fourth-order valence-electron chi connectivity index (χ4n) is 1.56. The average Bonchev–Trinajstić information content (AvgIpc) is 2.08. The number of nitrogens with zero attached hydrogens (tertiary/aromatic N) is 1. The average molecular weight is 204 g/mol. The van der Waals surface area contributed by atoms with E-state index in [2.05, 4.69) is 16.6 Å². The molecule has 1 fully saturated rings. The Bertz CT molecular complexity index is 200. The van der Waals surface area contributed by atoms with Gasteiger partial charge in [0.2, 0.25) is 0 Å². The summed E-state index contributed by atoms with van der Waals surface area (Å²) in [5.41, 5.74) is 0. The number of hydrogen-bond acceptors (Lipinski definition) is 4. The molecule has 1 N–H and O–H groups in total. The molecule has 0 unspecified atom stereocenters. The summed E-state index contributed by atoms with van der Waals surface area (Å²) in [7, 11) is -0.396. The largest absolute Gasteiger partial charge is 0.484 e. The maximum Gasteiger partial charge on any atom is 0.0558 e. The number of aliphatic hydroxyl groups is 1. The molecule has 4 heteroatoms. The lowest BCUT2D eigenvalue weighted by molar-refractivity contribution is 0.102. The zero-order valence-electron chi connectivity index (χ0n) is 7.95. The van der Waals surface area contributed by atoms with Gasteiger partial charge in [-0.05, 0) is 12.8 Å². The van der Waals surface area contributed by atoms with Gasteiger partial charge in [0.15, 0.2) is 0 Å². The summed E-state index contributed by atoms with van der Waals surface area (Å²) in [5, 5.41) is 8.74. The van der Waals surface area contributed by atoms with Gasteiger partial charge in [-0.2, -0.15) is 0 Å². The van der Waals surface area contributed by atoms with Crippen LogP contribution in [-0.2, 0) is 14.5 Å². The van der Waals surface area contributed by atoms with E-state index in [9.17, 15) is 0 Å². The van der Waals surface area contributed by atoms with E-state index in [1.807, 2.05) is 0 Å². The molecule has 1 saturated heterocycles. The standard InChI is InChI=1S/C9H18NO2S/c1-13(2)12-9-3-5-10(6-4-9)7-8-11/h9,11H,1-8H2/q-1. The molecule has 0 aromatic rings. The van der Waals surface area contributed by atoms with Crippen molar-refractivity contribution in [3.05, 3.63) is 0 Å². The first-order valence-corrected chi connectivity index (χ1v) is 6.05. The molecule has 0 aromatic carbocycles. The van der Waals surface area contributed by atoms with E-state index in [4.69, 9.17) is 9.29 Å². The molecule has 1 heterocycles. The summed E-state index contributed by atoms with van der Waals surface area (Å²) in [6.07, 6.45) is 2.40. The Morgan fingerprint density at radius 2 is 2.00 bits per heavy atom. The molecule has 0 radical (unpaired) electrons. The summed E-state index contributed by atoms with van der Waals surface area (Å²) < 4.78 is 5.53. The third-order valence-corrected chi connectivity index (χ3v) is 2.77. The highest BCUT2D eigenvalue weighted by Gasteiger charge is 2.16. The fraction of sp³-hybridized carbons (Fsp3) is 0.778. The summed E-state index contributed by atoms with van der Waals surface area (Å²) >= 11 is 0. The van der Waals surface area contributed by atoms with Crippen molar-refractivity contribution in [1.29, 1.82) is 0 Å². The maximum absolute atomic E-state index is 8.74. The molecule has 0 bridgehead atoms. The van der Waals surface area contributed by atoms with Crippen LogP contribution in [0.1, 0.15) is 12.8 Å². The van der Waals surface area contributed by atoms with E-state index in [-0.39, 0.29) is 6.61 Å². The van der Waals surface area contributed by atoms with Gasteiger partial charge in [-0.15, -0.1) is 0 Å². The van der Waals surface area contributed by atoms with Crippen LogP contribution in [0.15, 0.2) is 0 Å². The van der Waals surface area contributed by atoms with Crippen LogP contribution in [0.5, 0.6) is 0 Å². The highest BCUT2D eigenvalue weighted by molar-refractivity contribution is 7.87. The van der Waals surface area contributed by atoms with Gasteiger partial charge in [0.25, 0.3) is 0 Å². The molecule has 1 aliphatic heterocycles. The van der Waals surface area contributed by atoms with E-state index in [1.54, 1.807) is 0 Å². The van der Waals surface area contributed by atoms with Crippen molar-refractivity contribution >= 4 is 22.1 Å². The van der Waals surface area contributed by atoms with Crippen molar-refractivity contribution in [3.63, 3.8) is 0 Å². The summed E-state index contributed by atoms with van der Waals surface area (Å²) in [4.78, 5) is 2.25.